The maximum Gasteiger partial charge on any atom is 0.317 e. The van der Waals surface area contributed by atoms with Crippen LogP contribution in [0.25, 0.3) is 0 Å². The van der Waals surface area contributed by atoms with Crippen molar-refractivity contribution in [1.29, 1.82) is 0 Å². The number of rotatable bonds is 7. The van der Waals surface area contributed by atoms with Gasteiger partial charge in [-0.05, 0) is 18.8 Å². The van der Waals surface area contributed by atoms with Crippen LogP contribution in [0.3, 0.4) is 0 Å². The second kappa shape index (κ2) is 8.56. The molecule has 1 rings (SSSR count). The Labute approximate surface area is 114 Å². The van der Waals surface area contributed by atoms with Gasteiger partial charge in [-0.1, -0.05) is 25.3 Å². The number of carbonyl (C=O) groups excluding carboxylic acids is 1. The summed E-state index contributed by atoms with van der Waals surface area (Å²) in [5, 5.41) is 11.2. The van der Waals surface area contributed by atoms with Crippen molar-refractivity contribution in [3.8, 4) is 0 Å². The Hall–Kier alpha value is -1.52. The Morgan fingerprint density at radius 1 is 1.32 bits per heavy atom. The molecule has 2 amide bonds. The molecule has 0 spiro atoms. The van der Waals surface area contributed by atoms with Gasteiger partial charge in [-0.2, -0.15) is 0 Å². The van der Waals surface area contributed by atoms with E-state index in [0.717, 1.165) is 6.54 Å². The van der Waals surface area contributed by atoms with Crippen LogP contribution in [0.15, 0.2) is 12.7 Å². The number of urea groups is 1. The molecule has 19 heavy (non-hydrogen) atoms. The van der Waals surface area contributed by atoms with E-state index >= 15 is 0 Å². The van der Waals surface area contributed by atoms with Crippen LogP contribution in [0.1, 0.15) is 38.5 Å². The standard InChI is InChI=1S/C14H24N2O3/c1-2-10-16(11-12-6-4-3-5-7-12)14(19)15-9-8-13(17)18/h2,12H,1,3-11H2,(H,15,19)(H,17,18). The largest absolute Gasteiger partial charge is 0.481 e. The highest BCUT2D eigenvalue weighted by atomic mass is 16.4. The maximum atomic E-state index is 12.0. The third-order valence-electron chi connectivity index (χ3n) is 3.46. The molecular weight excluding hydrogens is 244 g/mol. The van der Waals surface area contributed by atoms with Gasteiger partial charge in [-0.3, -0.25) is 4.79 Å². The van der Waals surface area contributed by atoms with Crippen LogP contribution in [0.2, 0.25) is 0 Å². The second-order valence-electron chi connectivity index (χ2n) is 5.07. The van der Waals surface area contributed by atoms with Crippen LogP contribution >= 0.6 is 0 Å². The predicted molar refractivity (Wildman–Crippen MR) is 74.0 cm³/mol. The highest BCUT2D eigenvalue weighted by molar-refractivity contribution is 5.75. The first-order valence-electron chi connectivity index (χ1n) is 6.99. The van der Waals surface area contributed by atoms with Gasteiger partial charge in [0, 0.05) is 19.6 Å². The molecule has 0 saturated heterocycles. The molecule has 0 radical (unpaired) electrons. The summed E-state index contributed by atoms with van der Waals surface area (Å²) >= 11 is 0. The van der Waals surface area contributed by atoms with Crippen molar-refractivity contribution in [2.24, 2.45) is 5.92 Å². The number of hydrogen-bond donors (Lipinski definition) is 2. The minimum atomic E-state index is -0.900. The van der Waals surface area contributed by atoms with Crippen molar-refractivity contribution in [3.63, 3.8) is 0 Å². The van der Waals surface area contributed by atoms with Crippen LogP contribution in [0.5, 0.6) is 0 Å². The average molecular weight is 268 g/mol. The van der Waals surface area contributed by atoms with Gasteiger partial charge in [0.15, 0.2) is 0 Å². The lowest BCUT2D eigenvalue weighted by Crippen LogP contribution is -2.43. The maximum absolute atomic E-state index is 12.0. The molecule has 0 aliphatic heterocycles. The number of carbonyl (C=O) groups is 2. The third-order valence-corrected chi connectivity index (χ3v) is 3.46. The van der Waals surface area contributed by atoms with E-state index in [0.29, 0.717) is 12.5 Å². The summed E-state index contributed by atoms with van der Waals surface area (Å²) in [5.74, 6) is -0.332. The Bertz CT molecular complexity index is 312. The van der Waals surface area contributed by atoms with Crippen molar-refractivity contribution in [2.75, 3.05) is 19.6 Å². The SMILES string of the molecule is C=CCN(CC1CCCCC1)C(=O)NCCC(=O)O. The van der Waals surface area contributed by atoms with Gasteiger partial charge in [0.2, 0.25) is 0 Å². The monoisotopic (exact) mass is 268 g/mol. The van der Waals surface area contributed by atoms with Gasteiger partial charge in [0.1, 0.15) is 0 Å². The number of amides is 2. The van der Waals surface area contributed by atoms with E-state index < -0.39 is 5.97 Å². The number of carboxylic acids is 1. The topological polar surface area (TPSA) is 69.6 Å². The molecule has 0 aromatic rings. The van der Waals surface area contributed by atoms with Crippen molar-refractivity contribution in [3.05, 3.63) is 12.7 Å². The molecule has 2 N–H and O–H groups in total. The number of hydrogen-bond acceptors (Lipinski definition) is 2. The Morgan fingerprint density at radius 2 is 2.00 bits per heavy atom. The van der Waals surface area contributed by atoms with Gasteiger partial charge in [-0.25, -0.2) is 4.79 Å². The van der Waals surface area contributed by atoms with E-state index in [1.807, 2.05) is 0 Å². The first-order valence-corrected chi connectivity index (χ1v) is 6.99. The fourth-order valence-corrected chi connectivity index (χ4v) is 2.47. The summed E-state index contributed by atoms with van der Waals surface area (Å²) in [6.45, 7) is 5.09. The highest BCUT2D eigenvalue weighted by Gasteiger charge is 2.19. The quantitative estimate of drug-likeness (QED) is 0.696. The minimum Gasteiger partial charge on any atom is -0.481 e. The molecular formula is C14H24N2O3. The summed E-state index contributed by atoms with van der Waals surface area (Å²) in [6, 6.07) is -0.188. The smallest absolute Gasteiger partial charge is 0.317 e. The van der Waals surface area contributed by atoms with Crippen molar-refractivity contribution >= 4 is 12.0 Å². The lowest BCUT2D eigenvalue weighted by molar-refractivity contribution is -0.136. The van der Waals surface area contributed by atoms with Crippen LogP contribution in [0, 0.1) is 5.92 Å². The molecule has 0 aromatic heterocycles. The molecule has 1 saturated carbocycles. The molecule has 0 aromatic carbocycles. The van der Waals surface area contributed by atoms with E-state index in [-0.39, 0.29) is 19.0 Å². The molecule has 1 aliphatic rings. The zero-order chi connectivity index (χ0) is 14.1. The molecule has 108 valence electrons. The fraction of sp³-hybridized carbons (Fsp3) is 0.714. The molecule has 0 bridgehead atoms. The first-order chi connectivity index (χ1) is 9.13. The van der Waals surface area contributed by atoms with E-state index in [2.05, 4.69) is 11.9 Å². The Balaban J connectivity index is 2.38. The molecule has 0 atom stereocenters. The molecule has 0 heterocycles. The summed E-state index contributed by atoms with van der Waals surface area (Å²) in [4.78, 5) is 24.1. The third kappa shape index (κ3) is 6.27. The number of aliphatic carboxylic acids is 1. The fourth-order valence-electron chi connectivity index (χ4n) is 2.47. The Kier molecular flexibility index (Phi) is 7.00. The molecule has 1 aliphatic carbocycles. The Morgan fingerprint density at radius 3 is 2.58 bits per heavy atom. The van der Waals surface area contributed by atoms with Crippen molar-refractivity contribution in [1.82, 2.24) is 10.2 Å². The molecule has 5 nitrogen and oxygen atoms in total. The summed E-state index contributed by atoms with van der Waals surface area (Å²) in [5.41, 5.74) is 0. The van der Waals surface area contributed by atoms with Crippen molar-refractivity contribution in [2.45, 2.75) is 38.5 Å². The summed E-state index contributed by atoms with van der Waals surface area (Å²) in [7, 11) is 0. The van der Waals surface area contributed by atoms with E-state index in [1.54, 1.807) is 11.0 Å². The van der Waals surface area contributed by atoms with E-state index in [1.165, 1.54) is 32.1 Å². The highest BCUT2D eigenvalue weighted by Crippen LogP contribution is 2.24. The summed E-state index contributed by atoms with van der Waals surface area (Å²) < 4.78 is 0. The van der Waals surface area contributed by atoms with E-state index in [4.69, 9.17) is 5.11 Å². The van der Waals surface area contributed by atoms with Crippen LogP contribution < -0.4 is 5.32 Å². The van der Waals surface area contributed by atoms with Gasteiger partial charge >= 0.3 is 12.0 Å². The van der Waals surface area contributed by atoms with Crippen LogP contribution in [-0.4, -0.2) is 41.6 Å². The first kappa shape index (κ1) is 15.5. The molecule has 5 heteroatoms. The van der Waals surface area contributed by atoms with Gasteiger partial charge in [0.05, 0.1) is 6.42 Å². The average Bonchev–Trinajstić information content (AvgIpc) is 2.39. The molecule has 0 unspecified atom stereocenters. The minimum absolute atomic E-state index is 0.0445. The van der Waals surface area contributed by atoms with Gasteiger partial charge < -0.3 is 15.3 Å². The van der Waals surface area contributed by atoms with Crippen molar-refractivity contribution < 1.29 is 14.7 Å². The molecule has 1 fully saturated rings. The second-order valence-corrected chi connectivity index (χ2v) is 5.07. The van der Waals surface area contributed by atoms with Gasteiger partial charge in [0.25, 0.3) is 0 Å². The lowest BCUT2D eigenvalue weighted by atomic mass is 9.89. The number of carboxylic acid groups (broad SMARTS) is 1. The van der Waals surface area contributed by atoms with Crippen LogP contribution in [0.4, 0.5) is 4.79 Å². The van der Waals surface area contributed by atoms with Crippen LogP contribution in [-0.2, 0) is 4.79 Å². The zero-order valence-electron chi connectivity index (χ0n) is 11.4. The lowest BCUT2D eigenvalue weighted by Gasteiger charge is -2.29. The normalized spacial score (nSPS) is 15.8. The predicted octanol–water partition coefficient (Wildman–Crippen LogP) is 2.24. The number of nitrogens with one attached hydrogen (secondary N) is 1. The zero-order valence-corrected chi connectivity index (χ0v) is 11.4. The van der Waals surface area contributed by atoms with Gasteiger partial charge in [-0.15, -0.1) is 6.58 Å². The van der Waals surface area contributed by atoms with E-state index in [9.17, 15) is 9.59 Å². The number of nitrogens with zero attached hydrogens (tertiary/aromatic N) is 1. The summed E-state index contributed by atoms with van der Waals surface area (Å²) in [6.07, 6.45) is 7.80.